The van der Waals surface area contributed by atoms with Gasteiger partial charge in [0.1, 0.15) is 17.4 Å². The summed E-state index contributed by atoms with van der Waals surface area (Å²) in [6, 6.07) is 14.1. The number of aliphatic hydroxyl groups is 1. The van der Waals surface area contributed by atoms with Gasteiger partial charge < -0.3 is 34.2 Å². The summed E-state index contributed by atoms with van der Waals surface area (Å²) < 4.78 is 12.6. The fourth-order valence-electron chi connectivity index (χ4n) is 8.26. The number of hydrogen-bond donors (Lipinski definition) is 1. The molecular formula is C38H50N4O6. The second kappa shape index (κ2) is 14.5. The van der Waals surface area contributed by atoms with Crippen molar-refractivity contribution in [2.45, 2.75) is 64.2 Å². The summed E-state index contributed by atoms with van der Waals surface area (Å²) in [6.45, 7) is 18.2. The van der Waals surface area contributed by atoms with Gasteiger partial charge in [-0.05, 0) is 88.6 Å². The molecule has 258 valence electrons. The third kappa shape index (κ3) is 5.79. The summed E-state index contributed by atoms with van der Waals surface area (Å²) in [5, 5.41) is 10.1. The number of fused-ring (bicyclic) bond motifs is 1. The van der Waals surface area contributed by atoms with Crippen LogP contribution in [-0.4, -0.2) is 90.9 Å². The number of benzene rings is 2. The first-order valence-electron chi connectivity index (χ1n) is 17.2. The fraction of sp³-hybridized carbons (Fsp3) is 0.500. The molecule has 5 atom stereocenters. The average molecular weight is 659 g/mol. The van der Waals surface area contributed by atoms with Crippen LogP contribution in [0.25, 0.3) is 0 Å². The predicted molar refractivity (Wildman–Crippen MR) is 188 cm³/mol. The van der Waals surface area contributed by atoms with E-state index in [1.807, 2.05) is 62.4 Å². The van der Waals surface area contributed by atoms with E-state index in [2.05, 4.69) is 31.9 Å². The summed E-state index contributed by atoms with van der Waals surface area (Å²) in [4.78, 5) is 51.0. The molecule has 1 spiro atoms. The number of nitrogens with zero attached hydrogens (tertiary/aromatic N) is 4. The number of carbonyl (C=O) groups excluding carboxylic acids is 3. The summed E-state index contributed by atoms with van der Waals surface area (Å²) in [5.41, 5.74) is 0.235. The van der Waals surface area contributed by atoms with Crippen molar-refractivity contribution in [1.82, 2.24) is 4.90 Å². The van der Waals surface area contributed by atoms with Gasteiger partial charge in [-0.1, -0.05) is 19.1 Å². The number of carbonyl (C=O) groups is 3. The number of aliphatic hydroxyl groups excluding tert-OH is 1. The Morgan fingerprint density at radius 3 is 2.00 bits per heavy atom. The van der Waals surface area contributed by atoms with Crippen molar-refractivity contribution < 1.29 is 29.0 Å². The summed E-state index contributed by atoms with van der Waals surface area (Å²) in [7, 11) is 0. The van der Waals surface area contributed by atoms with Gasteiger partial charge in [-0.25, -0.2) is 0 Å². The number of β-amino-alcohol motifs (C(OH)–C–C–N with tert-alkyl or cyclic N) is 1. The molecule has 2 unspecified atom stereocenters. The molecule has 2 aromatic carbocycles. The number of amides is 3. The van der Waals surface area contributed by atoms with Crippen molar-refractivity contribution in [3.05, 3.63) is 73.8 Å². The summed E-state index contributed by atoms with van der Waals surface area (Å²) in [5.74, 6) is -1.91. The highest BCUT2D eigenvalue weighted by Crippen LogP contribution is 2.64. The van der Waals surface area contributed by atoms with Gasteiger partial charge in [0.2, 0.25) is 11.8 Å². The van der Waals surface area contributed by atoms with E-state index in [-0.39, 0.29) is 44.0 Å². The zero-order valence-corrected chi connectivity index (χ0v) is 28.8. The smallest absolute Gasteiger partial charge is 0.253 e. The second-order valence-electron chi connectivity index (χ2n) is 12.7. The molecule has 3 aliphatic heterocycles. The first-order chi connectivity index (χ1) is 23.2. The molecule has 3 heterocycles. The maximum absolute atomic E-state index is 14.8. The third-order valence-electron chi connectivity index (χ3n) is 10.4. The molecule has 3 fully saturated rings. The molecule has 5 rings (SSSR count). The Kier molecular flexibility index (Phi) is 10.7. The molecule has 2 aromatic rings. The van der Waals surface area contributed by atoms with E-state index in [0.717, 1.165) is 18.8 Å². The lowest BCUT2D eigenvalue weighted by molar-refractivity contribution is -0.146. The van der Waals surface area contributed by atoms with Gasteiger partial charge in [-0.3, -0.25) is 14.4 Å². The van der Waals surface area contributed by atoms with Crippen molar-refractivity contribution >= 4 is 34.8 Å². The average Bonchev–Trinajstić information content (AvgIpc) is 3.71. The van der Waals surface area contributed by atoms with Crippen LogP contribution in [0.5, 0.6) is 5.75 Å². The van der Waals surface area contributed by atoms with Gasteiger partial charge in [0.25, 0.3) is 5.91 Å². The largest absolute Gasteiger partial charge is 0.494 e. The number of hydrogen-bond acceptors (Lipinski definition) is 7. The van der Waals surface area contributed by atoms with Crippen LogP contribution in [0, 0.1) is 11.8 Å². The van der Waals surface area contributed by atoms with Crippen LogP contribution in [0.2, 0.25) is 0 Å². The lowest BCUT2D eigenvalue weighted by Gasteiger charge is -2.37. The van der Waals surface area contributed by atoms with Crippen LogP contribution in [0.3, 0.4) is 0 Å². The molecule has 48 heavy (non-hydrogen) atoms. The van der Waals surface area contributed by atoms with Crippen molar-refractivity contribution in [1.29, 1.82) is 0 Å². The van der Waals surface area contributed by atoms with Gasteiger partial charge in [0, 0.05) is 49.8 Å². The minimum Gasteiger partial charge on any atom is -0.494 e. The van der Waals surface area contributed by atoms with Gasteiger partial charge in [-0.2, -0.15) is 0 Å². The lowest BCUT2D eigenvalue weighted by atomic mass is 9.64. The SMILES string of the molecule is C=CCN(C(=O)C1N(CCO)C(=O)[C@@H]2[C@@H](C(=O)N(CC=C)c3ccc(OCC)cc3)[C@@]3(CC)CCC12O3)c1ccc(N(CC)CC)cc1. The van der Waals surface area contributed by atoms with E-state index < -0.39 is 29.1 Å². The van der Waals surface area contributed by atoms with Gasteiger partial charge in [0.15, 0.2) is 0 Å². The topological polar surface area (TPSA) is 103 Å². The van der Waals surface area contributed by atoms with Crippen molar-refractivity contribution in [2.75, 3.05) is 60.6 Å². The van der Waals surface area contributed by atoms with E-state index in [1.54, 1.807) is 22.0 Å². The molecule has 3 aliphatic rings. The van der Waals surface area contributed by atoms with Gasteiger partial charge >= 0.3 is 0 Å². The first-order valence-corrected chi connectivity index (χ1v) is 17.2. The highest BCUT2D eigenvalue weighted by molar-refractivity contribution is 6.07. The van der Waals surface area contributed by atoms with Crippen molar-refractivity contribution in [3.63, 3.8) is 0 Å². The molecular weight excluding hydrogens is 608 g/mol. The molecule has 0 radical (unpaired) electrons. The zero-order valence-electron chi connectivity index (χ0n) is 28.8. The Morgan fingerprint density at radius 2 is 1.48 bits per heavy atom. The number of ether oxygens (including phenoxy) is 2. The standard InChI is InChI=1S/C38H50N4O6/c1-7-23-40(29-17-19-30(20-18-29)47-12-6)34(44)31-32-35(45)42(25-26-43)33(38(32)22-21-37(31,9-3)48-38)36(46)41(24-8-2)28-15-13-27(14-16-28)39(10-4)11-5/h7-8,13-20,31-33,43H,1-2,9-12,21-26H2,3-6H3/t31-,32-,33?,37+,38?/m0/s1. The maximum atomic E-state index is 14.8. The monoisotopic (exact) mass is 658 g/mol. The minimum atomic E-state index is -1.22. The van der Waals surface area contributed by atoms with Crippen LogP contribution in [0.1, 0.15) is 47.0 Å². The first kappa shape index (κ1) is 35.2. The predicted octanol–water partition coefficient (Wildman–Crippen LogP) is 4.82. The van der Waals surface area contributed by atoms with Crippen molar-refractivity contribution in [3.8, 4) is 5.75 Å². The zero-order chi connectivity index (χ0) is 34.6. The van der Waals surface area contributed by atoms with Gasteiger partial charge in [0.05, 0.1) is 30.7 Å². The van der Waals surface area contributed by atoms with E-state index >= 15 is 0 Å². The second-order valence-corrected chi connectivity index (χ2v) is 12.7. The van der Waals surface area contributed by atoms with Gasteiger partial charge in [-0.15, -0.1) is 13.2 Å². The Bertz CT molecular complexity index is 1490. The number of anilines is 3. The maximum Gasteiger partial charge on any atom is 0.253 e. The van der Waals surface area contributed by atoms with Crippen LogP contribution in [-0.2, 0) is 19.1 Å². The van der Waals surface area contributed by atoms with E-state index in [1.165, 1.54) is 4.90 Å². The molecule has 10 nitrogen and oxygen atoms in total. The molecule has 2 bridgehead atoms. The lowest BCUT2D eigenvalue weighted by Crippen LogP contribution is -2.57. The molecule has 0 saturated carbocycles. The molecule has 3 saturated heterocycles. The Hall–Kier alpha value is -4.15. The Morgan fingerprint density at radius 1 is 0.917 bits per heavy atom. The third-order valence-corrected chi connectivity index (χ3v) is 10.4. The van der Waals surface area contributed by atoms with Crippen molar-refractivity contribution in [2.24, 2.45) is 11.8 Å². The fourth-order valence-corrected chi connectivity index (χ4v) is 8.26. The molecule has 0 aliphatic carbocycles. The Labute approximate surface area is 284 Å². The molecule has 0 aromatic heterocycles. The highest BCUT2D eigenvalue weighted by Gasteiger charge is 2.79. The summed E-state index contributed by atoms with van der Waals surface area (Å²) in [6.07, 6.45) is 4.81. The van der Waals surface area contributed by atoms with E-state index in [9.17, 15) is 19.5 Å². The molecule has 10 heteroatoms. The normalized spacial score (nSPS) is 25.5. The number of likely N-dealkylation sites (tertiary alicyclic amines) is 1. The molecule has 3 amide bonds. The highest BCUT2D eigenvalue weighted by atomic mass is 16.5. The van der Waals surface area contributed by atoms with E-state index in [0.29, 0.717) is 43.0 Å². The van der Waals surface area contributed by atoms with E-state index in [4.69, 9.17) is 9.47 Å². The van der Waals surface area contributed by atoms with Crippen LogP contribution >= 0.6 is 0 Å². The summed E-state index contributed by atoms with van der Waals surface area (Å²) >= 11 is 0. The van der Waals surface area contributed by atoms with Crippen LogP contribution < -0.4 is 19.4 Å². The number of rotatable bonds is 16. The van der Waals surface area contributed by atoms with Crippen LogP contribution in [0.4, 0.5) is 17.1 Å². The van der Waals surface area contributed by atoms with Crippen LogP contribution in [0.15, 0.2) is 73.8 Å². The minimum absolute atomic E-state index is 0.0467. The quantitative estimate of drug-likeness (QED) is 0.258. The Balaban J connectivity index is 1.55. The molecule has 1 N–H and O–H groups in total.